The van der Waals surface area contributed by atoms with Crippen LogP contribution >= 0.6 is 0 Å². The molecule has 1 fully saturated rings. The molecule has 2 N–H and O–H groups in total. The van der Waals surface area contributed by atoms with Crippen molar-refractivity contribution in [3.05, 3.63) is 29.3 Å². The van der Waals surface area contributed by atoms with Gasteiger partial charge in [0.05, 0.1) is 0 Å². The molecule has 1 atom stereocenters. The van der Waals surface area contributed by atoms with E-state index in [0.717, 1.165) is 37.2 Å². The maximum atomic E-state index is 12.4. The van der Waals surface area contributed by atoms with Crippen molar-refractivity contribution in [2.24, 2.45) is 5.92 Å². The Morgan fingerprint density at radius 3 is 2.35 bits per heavy atom. The first kappa shape index (κ1) is 17.3. The molecule has 0 spiro atoms. The Morgan fingerprint density at radius 2 is 1.78 bits per heavy atom. The van der Waals surface area contributed by atoms with E-state index in [1.54, 1.807) is 12.1 Å². The van der Waals surface area contributed by atoms with Gasteiger partial charge in [0.2, 0.25) is 0 Å². The Morgan fingerprint density at radius 1 is 1.13 bits per heavy atom. The largest absolute Gasteiger partial charge is 0.339 e. The third-order valence-corrected chi connectivity index (χ3v) is 4.47. The highest BCUT2D eigenvalue weighted by molar-refractivity contribution is 5.96. The normalized spacial score (nSPS) is 15.6. The molecule has 3 amide bonds. The van der Waals surface area contributed by atoms with Crippen molar-refractivity contribution in [2.45, 2.75) is 46.6 Å². The number of likely N-dealkylation sites (tertiary alicyclic amines) is 1. The second kappa shape index (κ2) is 7.49. The molecule has 0 aliphatic carbocycles. The summed E-state index contributed by atoms with van der Waals surface area (Å²) in [6.07, 6.45) is 2.16. The van der Waals surface area contributed by atoms with Gasteiger partial charge < -0.3 is 15.5 Å². The SMILES string of the molecule is Cc1cc(C(=O)N2CCCC2)ccc1NC(=O)N[C@@H](C)C(C)C. The van der Waals surface area contributed by atoms with Crippen molar-refractivity contribution >= 4 is 17.6 Å². The first-order chi connectivity index (χ1) is 10.9. The summed E-state index contributed by atoms with van der Waals surface area (Å²) in [6, 6.07) is 5.33. The van der Waals surface area contributed by atoms with Crippen LogP contribution in [0.4, 0.5) is 10.5 Å². The monoisotopic (exact) mass is 317 g/mol. The molecule has 1 aliphatic rings. The molecule has 0 saturated carbocycles. The van der Waals surface area contributed by atoms with Gasteiger partial charge in [0.25, 0.3) is 5.91 Å². The van der Waals surface area contributed by atoms with Crippen molar-refractivity contribution in [2.75, 3.05) is 18.4 Å². The second-order valence-electron chi connectivity index (χ2n) is 6.66. The minimum Gasteiger partial charge on any atom is -0.339 e. The summed E-state index contributed by atoms with van der Waals surface area (Å²) in [4.78, 5) is 26.3. The van der Waals surface area contributed by atoms with Crippen LogP contribution in [0.3, 0.4) is 0 Å². The molecule has 0 aromatic heterocycles. The number of hydrogen-bond acceptors (Lipinski definition) is 2. The van der Waals surface area contributed by atoms with E-state index >= 15 is 0 Å². The molecule has 0 unspecified atom stereocenters. The predicted octanol–water partition coefficient (Wildman–Crippen LogP) is 3.40. The van der Waals surface area contributed by atoms with Crippen LogP contribution in [0.25, 0.3) is 0 Å². The Kier molecular flexibility index (Phi) is 5.64. The van der Waals surface area contributed by atoms with Crippen LogP contribution in [0, 0.1) is 12.8 Å². The average molecular weight is 317 g/mol. The third-order valence-electron chi connectivity index (χ3n) is 4.47. The molecule has 23 heavy (non-hydrogen) atoms. The van der Waals surface area contributed by atoms with E-state index in [2.05, 4.69) is 24.5 Å². The van der Waals surface area contributed by atoms with Crippen LogP contribution in [0.5, 0.6) is 0 Å². The molecule has 1 heterocycles. The number of rotatable bonds is 4. The lowest BCUT2D eigenvalue weighted by Crippen LogP contribution is -2.39. The van der Waals surface area contributed by atoms with E-state index in [4.69, 9.17) is 0 Å². The van der Waals surface area contributed by atoms with E-state index in [-0.39, 0.29) is 18.0 Å². The van der Waals surface area contributed by atoms with Gasteiger partial charge in [0.1, 0.15) is 0 Å². The Balaban J connectivity index is 2.01. The van der Waals surface area contributed by atoms with Gasteiger partial charge in [-0.15, -0.1) is 0 Å². The third kappa shape index (κ3) is 4.47. The highest BCUT2D eigenvalue weighted by Gasteiger charge is 2.20. The zero-order chi connectivity index (χ0) is 17.0. The van der Waals surface area contributed by atoms with E-state index in [1.807, 2.05) is 24.8 Å². The van der Waals surface area contributed by atoms with Gasteiger partial charge in [-0.2, -0.15) is 0 Å². The van der Waals surface area contributed by atoms with Crippen molar-refractivity contribution in [3.8, 4) is 0 Å². The number of nitrogens with one attached hydrogen (secondary N) is 2. The lowest BCUT2D eigenvalue weighted by Gasteiger charge is -2.19. The maximum absolute atomic E-state index is 12.4. The van der Waals surface area contributed by atoms with E-state index < -0.39 is 0 Å². The summed E-state index contributed by atoms with van der Waals surface area (Å²) in [5.74, 6) is 0.456. The number of aryl methyl sites for hydroxylation is 1. The van der Waals surface area contributed by atoms with E-state index in [0.29, 0.717) is 11.5 Å². The molecule has 0 bridgehead atoms. The second-order valence-corrected chi connectivity index (χ2v) is 6.66. The molecular weight excluding hydrogens is 290 g/mol. The molecule has 126 valence electrons. The molecule has 5 nitrogen and oxygen atoms in total. The lowest BCUT2D eigenvalue weighted by atomic mass is 10.1. The fraction of sp³-hybridized carbons (Fsp3) is 0.556. The molecule has 1 aromatic carbocycles. The van der Waals surface area contributed by atoms with Crippen LogP contribution in [0.1, 0.15) is 49.5 Å². The van der Waals surface area contributed by atoms with Crippen LogP contribution in [-0.2, 0) is 0 Å². The van der Waals surface area contributed by atoms with Crippen molar-refractivity contribution in [3.63, 3.8) is 0 Å². The fourth-order valence-corrected chi connectivity index (χ4v) is 2.57. The van der Waals surface area contributed by atoms with Crippen molar-refractivity contribution in [1.29, 1.82) is 0 Å². The zero-order valence-electron chi connectivity index (χ0n) is 14.5. The lowest BCUT2D eigenvalue weighted by molar-refractivity contribution is 0.0792. The fourth-order valence-electron chi connectivity index (χ4n) is 2.57. The van der Waals surface area contributed by atoms with Crippen LogP contribution < -0.4 is 10.6 Å². The molecule has 1 aliphatic heterocycles. The van der Waals surface area contributed by atoms with Gasteiger partial charge in [-0.05, 0) is 56.4 Å². The number of amides is 3. The number of carbonyl (C=O) groups excluding carboxylic acids is 2. The maximum Gasteiger partial charge on any atom is 0.319 e. The Hall–Kier alpha value is -2.04. The zero-order valence-corrected chi connectivity index (χ0v) is 14.5. The summed E-state index contributed by atoms with van der Waals surface area (Å²) in [5.41, 5.74) is 2.31. The van der Waals surface area contributed by atoms with Crippen molar-refractivity contribution < 1.29 is 9.59 Å². The van der Waals surface area contributed by atoms with Crippen LogP contribution in [-0.4, -0.2) is 36.0 Å². The number of benzene rings is 1. The van der Waals surface area contributed by atoms with Crippen molar-refractivity contribution in [1.82, 2.24) is 10.2 Å². The number of hydrogen-bond donors (Lipinski definition) is 2. The number of carbonyl (C=O) groups is 2. The molecule has 1 saturated heterocycles. The summed E-state index contributed by atoms with van der Waals surface area (Å²) in [5, 5.41) is 5.77. The van der Waals surface area contributed by atoms with Crippen LogP contribution in [0.15, 0.2) is 18.2 Å². The van der Waals surface area contributed by atoms with E-state index in [9.17, 15) is 9.59 Å². The summed E-state index contributed by atoms with van der Waals surface area (Å²) in [6.45, 7) is 9.70. The summed E-state index contributed by atoms with van der Waals surface area (Å²) in [7, 11) is 0. The van der Waals surface area contributed by atoms with Gasteiger partial charge >= 0.3 is 6.03 Å². The molecular formula is C18H27N3O2. The smallest absolute Gasteiger partial charge is 0.319 e. The topological polar surface area (TPSA) is 61.4 Å². The highest BCUT2D eigenvalue weighted by Crippen LogP contribution is 2.19. The molecule has 0 radical (unpaired) electrons. The summed E-state index contributed by atoms with van der Waals surface area (Å²) >= 11 is 0. The molecule has 5 heteroatoms. The number of anilines is 1. The molecule has 1 aromatic rings. The van der Waals surface area contributed by atoms with Gasteiger partial charge in [-0.25, -0.2) is 4.79 Å². The predicted molar refractivity (Wildman–Crippen MR) is 92.8 cm³/mol. The number of nitrogens with zero attached hydrogens (tertiary/aromatic N) is 1. The van der Waals surface area contributed by atoms with Gasteiger partial charge in [0.15, 0.2) is 0 Å². The average Bonchev–Trinajstić information content (AvgIpc) is 3.02. The van der Waals surface area contributed by atoms with Gasteiger partial charge in [-0.1, -0.05) is 13.8 Å². The van der Waals surface area contributed by atoms with E-state index in [1.165, 1.54) is 0 Å². The quantitative estimate of drug-likeness (QED) is 0.894. The van der Waals surface area contributed by atoms with Gasteiger partial charge in [0, 0.05) is 30.4 Å². The Bertz CT molecular complexity index is 578. The number of urea groups is 1. The Labute approximate surface area is 138 Å². The minimum atomic E-state index is -0.215. The first-order valence-electron chi connectivity index (χ1n) is 8.36. The summed E-state index contributed by atoms with van der Waals surface area (Å²) < 4.78 is 0. The molecule has 2 rings (SSSR count). The standard InChI is InChI=1S/C18H27N3O2/c1-12(2)14(4)19-18(23)20-16-8-7-15(11-13(16)3)17(22)21-9-5-6-10-21/h7-8,11-12,14H,5-6,9-10H2,1-4H3,(H2,19,20,23)/t14-/m0/s1. The van der Waals surface area contributed by atoms with Gasteiger partial charge in [-0.3, -0.25) is 4.79 Å². The highest BCUT2D eigenvalue weighted by atomic mass is 16.2. The minimum absolute atomic E-state index is 0.0787. The first-order valence-corrected chi connectivity index (χ1v) is 8.36. The van der Waals surface area contributed by atoms with Crippen LogP contribution in [0.2, 0.25) is 0 Å².